The molecule has 21 heavy (non-hydrogen) atoms. The molecule has 1 aliphatic heterocycles. The van der Waals surface area contributed by atoms with Crippen molar-refractivity contribution < 1.29 is 19.4 Å². The summed E-state index contributed by atoms with van der Waals surface area (Å²) in [5.41, 5.74) is 0.961. The molecule has 0 radical (unpaired) electrons. The van der Waals surface area contributed by atoms with Crippen LogP contribution in [-0.4, -0.2) is 55.9 Å². The van der Waals surface area contributed by atoms with E-state index in [1.165, 1.54) is 0 Å². The summed E-state index contributed by atoms with van der Waals surface area (Å²) in [6, 6.07) is 6.05. The third-order valence-electron chi connectivity index (χ3n) is 3.67. The van der Waals surface area contributed by atoms with Gasteiger partial charge in [-0.25, -0.2) is 0 Å². The lowest BCUT2D eigenvalue weighted by Crippen LogP contribution is -2.41. The summed E-state index contributed by atoms with van der Waals surface area (Å²) in [7, 11) is 3.26. The van der Waals surface area contributed by atoms with Crippen LogP contribution in [0.3, 0.4) is 0 Å². The van der Waals surface area contributed by atoms with Gasteiger partial charge in [-0.2, -0.15) is 0 Å². The van der Waals surface area contributed by atoms with E-state index in [0.29, 0.717) is 6.04 Å². The first-order valence-electron chi connectivity index (χ1n) is 7.04. The number of carboxylic acids is 1. The molecular weight excluding hydrogens is 272 g/mol. The number of nitrogens with zero attached hydrogens (tertiary/aromatic N) is 1. The number of benzene rings is 1. The van der Waals surface area contributed by atoms with E-state index in [9.17, 15) is 4.79 Å². The molecule has 0 unspecified atom stereocenters. The number of carboxylic acid groups (broad SMARTS) is 1. The number of carbonyl (C=O) groups is 1. The molecule has 0 spiro atoms. The topological polar surface area (TPSA) is 71.0 Å². The molecule has 1 aliphatic rings. The molecule has 0 atom stereocenters. The number of ether oxygens (including phenoxy) is 2. The summed E-state index contributed by atoms with van der Waals surface area (Å²) in [6.45, 7) is 1.72. The average molecular weight is 294 g/mol. The Kier molecular flexibility index (Phi) is 5.27. The van der Waals surface area contributed by atoms with Crippen LogP contribution in [0.15, 0.2) is 18.2 Å². The van der Waals surface area contributed by atoms with Crippen molar-refractivity contribution in [1.82, 2.24) is 4.90 Å². The van der Waals surface area contributed by atoms with Crippen LogP contribution in [0.2, 0.25) is 0 Å². The Bertz CT molecular complexity index is 462. The van der Waals surface area contributed by atoms with Crippen molar-refractivity contribution in [3.63, 3.8) is 0 Å². The first kappa shape index (κ1) is 15.4. The highest BCUT2D eigenvalue weighted by molar-refractivity contribution is 5.69. The smallest absolute Gasteiger partial charge is 0.317 e. The van der Waals surface area contributed by atoms with Gasteiger partial charge in [0.15, 0.2) is 0 Å². The van der Waals surface area contributed by atoms with Crippen molar-refractivity contribution in [1.29, 1.82) is 0 Å². The predicted octanol–water partition coefficient (Wildman–Crippen LogP) is 1.66. The summed E-state index contributed by atoms with van der Waals surface area (Å²) >= 11 is 0. The Hall–Kier alpha value is -1.95. The highest BCUT2D eigenvalue weighted by Crippen LogP contribution is 2.27. The summed E-state index contributed by atoms with van der Waals surface area (Å²) in [6.07, 6.45) is 1.85. The van der Waals surface area contributed by atoms with Crippen LogP contribution >= 0.6 is 0 Å². The zero-order chi connectivity index (χ0) is 15.2. The number of likely N-dealkylation sites (tertiary alicyclic amines) is 1. The van der Waals surface area contributed by atoms with Gasteiger partial charge in [0, 0.05) is 43.0 Å². The number of anilines is 1. The summed E-state index contributed by atoms with van der Waals surface area (Å²) in [5, 5.41) is 12.3. The number of methoxy groups -OCH3 is 2. The zero-order valence-corrected chi connectivity index (χ0v) is 12.5. The molecule has 1 aromatic carbocycles. The molecule has 2 rings (SSSR count). The van der Waals surface area contributed by atoms with Crippen LogP contribution < -0.4 is 14.8 Å². The van der Waals surface area contributed by atoms with Crippen LogP contribution in [-0.2, 0) is 4.79 Å². The van der Waals surface area contributed by atoms with Gasteiger partial charge in [-0.15, -0.1) is 0 Å². The summed E-state index contributed by atoms with van der Waals surface area (Å²) < 4.78 is 10.5. The van der Waals surface area contributed by atoms with E-state index in [1.807, 2.05) is 23.1 Å². The van der Waals surface area contributed by atoms with E-state index >= 15 is 0 Å². The van der Waals surface area contributed by atoms with Gasteiger partial charge in [0.2, 0.25) is 0 Å². The fraction of sp³-hybridized carbons (Fsp3) is 0.533. The van der Waals surface area contributed by atoms with Crippen molar-refractivity contribution in [3.05, 3.63) is 18.2 Å². The van der Waals surface area contributed by atoms with Gasteiger partial charge >= 0.3 is 5.97 Å². The number of rotatable bonds is 6. The van der Waals surface area contributed by atoms with Crippen molar-refractivity contribution >= 4 is 11.7 Å². The monoisotopic (exact) mass is 294 g/mol. The van der Waals surface area contributed by atoms with Crippen molar-refractivity contribution in [2.24, 2.45) is 0 Å². The molecule has 6 nitrogen and oxygen atoms in total. The maximum atomic E-state index is 10.7. The molecule has 0 amide bonds. The molecule has 0 aliphatic carbocycles. The van der Waals surface area contributed by atoms with Gasteiger partial charge in [0.05, 0.1) is 20.8 Å². The zero-order valence-electron chi connectivity index (χ0n) is 12.5. The van der Waals surface area contributed by atoms with E-state index in [0.717, 1.165) is 43.1 Å². The van der Waals surface area contributed by atoms with E-state index in [2.05, 4.69) is 5.32 Å². The maximum absolute atomic E-state index is 10.7. The van der Waals surface area contributed by atoms with Crippen molar-refractivity contribution in [2.45, 2.75) is 18.9 Å². The molecular formula is C15H22N2O4. The molecule has 1 saturated heterocycles. The van der Waals surface area contributed by atoms with Crippen LogP contribution in [0.4, 0.5) is 5.69 Å². The highest BCUT2D eigenvalue weighted by atomic mass is 16.5. The van der Waals surface area contributed by atoms with Gasteiger partial charge in [0.1, 0.15) is 11.5 Å². The van der Waals surface area contributed by atoms with Gasteiger partial charge in [-0.3, -0.25) is 9.69 Å². The van der Waals surface area contributed by atoms with E-state index in [4.69, 9.17) is 14.6 Å². The minimum atomic E-state index is -0.765. The predicted molar refractivity (Wildman–Crippen MR) is 80.3 cm³/mol. The van der Waals surface area contributed by atoms with Gasteiger partial charge in [0.25, 0.3) is 0 Å². The Labute approximate surface area is 124 Å². The Morgan fingerprint density at radius 1 is 1.24 bits per heavy atom. The Balaban J connectivity index is 1.92. The minimum Gasteiger partial charge on any atom is -0.497 e. The summed E-state index contributed by atoms with van der Waals surface area (Å²) in [4.78, 5) is 12.7. The van der Waals surface area contributed by atoms with E-state index < -0.39 is 5.97 Å². The molecule has 116 valence electrons. The van der Waals surface area contributed by atoms with E-state index in [1.54, 1.807) is 14.2 Å². The van der Waals surface area contributed by atoms with E-state index in [-0.39, 0.29) is 6.54 Å². The quantitative estimate of drug-likeness (QED) is 0.831. The van der Waals surface area contributed by atoms with Gasteiger partial charge in [-0.05, 0) is 12.8 Å². The standard InChI is InChI=1S/C15H22N2O4/c1-20-13-7-12(8-14(9-13)21-2)16-11-3-5-17(6-4-11)10-15(18)19/h7-9,11,16H,3-6,10H2,1-2H3,(H,18,19). The summed E-state index contributed by atoms with van der Waals surface area (Å²) in [5.74, 6) is 0.735. The minimum absolute atomic E-state index is 0.125. The molecule has 0 bridgehead atoms. The largest absolute Gasteiger partial charge is 0.497 e. The highest BCUT2D eigenvalue weighted by Gasteiger charge is 2.20. The van der Waals surface area contributed by atoms with Crippen LogP contribution in [0.25, 0.3) is 0 Å². The molecule has 0 aromatic heterocycles. The fourth-order valence-electron chi connectivity index (χ4n) is 2.55. The third kappa shape index (κ3) is 4.53. The molecule has 1 fully saturated rings. The molecule has 6 heteroatoms. The normalized spacial score (nSPS) is 16.5. The number of hydrogen-bond donors (Lipinski definition) is 2. The number of nitrogens with one attached hydrogen (secondary N) is 1. The molecule has 0 saturated carbocycles. The SMILES string of the molecule is COc1cc(NC2CCN(CC(=O)O)CC2)cc(OC)c1. The molecule has 2 N–H and O–H groups in total. The molecule has 1 aromatic rings. The molecule has 1 heterocycles. The second kappa shape index (κ2) is 7.17. The third-order valence-corrected chi connectivity index (χ3v) is 3.67. The lowest BCUT2D eigenvalue weighted by atomic mass is 10.0. The van der Waals surface area contributed by atoms with Crippen LogP contribution in [0, 0.1) is 0 Å². The first-order valence-corrected chi connectivity index (χ1v) is 7.04. The number of piperidine rings is 1. The second-order valence-electron chi connectivity index (χ2n) is 5.19. The maximum Gasteiger partial charge on any atom is 0.317 e. The van der Waals surface area contributed by atoms with Crippen LogP contribution in [0.5, 0.6) is 11.5 Å². The second-order valence-corrected chi connectivity index (χ2v) is 5.19. The number of aliphatic carboxylic acids is 1. The Morgan fingerprint density at radius 2 is 1.81 bits per heavy atom. The van der Waals surface area contributed by atoms with Gasteiger partial charge < -0.3 is 19.9 Å². The lowest BCUT2D eigenvalue weighted by Gasteiger charge is -2.31. The van der Waals surface area contributed by atoms with Crippen molar-refractivity contribution in [3.8, 4) is 11.5 Å². The van der Waals surface area contributed by atoms with Crippen LogP contribution in [0.1, 0.15) is 12.8 Å². The van der Waals surface area contributed by atoms with Crippen molar-refractivity contribution in [2.75, 3.05) is 39.2 Å². The van der Waals surface area contributed by atoms with Gasteiger partial charge in [-0.1, -0.05) is 0 Å². The number of hydrogen-bond acceptors (Lipinski definition) is 5. The average Bonchev–Trinajstić information content (AvgIpc) is 2.48. The fourth-order valence-corrected chi connectivity index (χ4v) is 2.55. The first-order chi connectivity index (χ1) is 10.1. The lowest BCUT2D eigenvalue weighted by molar-refractivity contribution is -0.138. The Morgan fingerprint density at radius 3 is 2.29 bits per heavy atom.